The lowest BCUT2D eigenvalue weighted by atomic mass is 9.86. The van der Waals surface area contributed by atoms with E-state index in [4.69, 9.17) is 9.47 Å². The van der Waals surface area contributed by atoms with E-state index in [1.807, 2.05) is 60.7 Å². The zero-order valence-corrected chi connectivity index (χ0v) is 14.0. The lowest BCUT2D eigenvalue weighted by molar-refractivity contribution is -0.202. The summed E-state index contributed by atoms with van der Waals surface area (Å²) < 4.78 is 11.5. The van der Waals surface area contributed by atoms with E-state index in [0.717, 1.165) is 30.4 Å². The van der Waals surface area contributed by atoms with Gasteiger partial charge in [-0.1, -0.05) is 60.7 Å². The summed E-state index contributed by atoms with van der Waals surface area (Å²) in [6.45, 7) is 0.623. The fraction of sp³-hybridized carbons (Fsp3) is 0.350. The van der Waals surface area contributed by atoms with Crippen molar-refractivity contribution in [3.05, 3.63) is 71.8 Å². The minimum atomic E-state index is -0.988. The van der Waals surface area contributed by atoms with Crippen LogP contribution in [0.2, 0.25) is 0 Å². The number of aliphatic carboxylic acids is 1. The molecule has 0 radical (unpaired) electrons. The van der Waals surface area contributed by atoms with E-state index in [0.29, 0.717) is 6.61 Å². The van der Waals surface area contributed by atoms with Gasteiger partial charge in [-0.3, -0.25) is 0 Å². The first-order valence-corrected chi connectivity index (χ1v) is 8.35. The van der Waals surface area contributed by atoms with Crippen molar-refractivity contribution in [2.75, 3.05) is 6.61 Å². The van der Waals surface area contributed by atoms with Gasteiger partial charge in [-0.15, -0.1) is 0 Å². The summed E-state index contributed by atoms with van der Waals surface area (Å²) in [4.78, 5) is 12.0. The Morgan fingerprint density at radius 1 is 1.00 bits per heavy atom. The Kier molecular flexibility index (Phi) is 7.13. The van der Waals surface area contributed by atoms with Crippen molar-refractivity contribution in [1.29, 1.82) is 0 Å². The highest BCUT2D eigenvalue weighted by molar-refractivity contribution is 5.75. The van der Waals surface area contributed by atoms with Crippen LogP contribution in [-0.4, -0.2) is 35.6 Å². The van der Waals surface area contributed by atoms with E-state index in [1.165, 1.54) is 0 Å². The summed E-state index contributed by atoms with van der Waals surface area (Å²) in [6.07, 6.45) is 1.30. The first-order valence-electron chi connectivity index (χ1n) is 8.35. The monoisotopic (exact) mass is 344 g/mol. The molecule has 1 fully saturated rings. The van der Waals surface area contributed by atoms with Gasteiger partial charge in [0.25, 0.3) is 0 Å². The molecule has 3 N–H and O–H groups in total. The minimum absolute atomic E-state index is 0. The molecule has 134 valence electrons. The number of hydrogen-bond donors (Lipinski definition) is 1. The van der Waals surface area contributed by atoms with E-state index in [2.05, 4.69) is 0 Å². The van der Waals surface area contributed by atoms with Crippen molar-refractivity contribution in [3.63, 3.8) is 0 Å². The standard InChI is InChI=1S/C20H22O4.H2O/c21-20(22)19(24-17-13-7-8-14-23-17)18(15-9-3-1-4-10-15)16-11-5-2-6-12-16;/h1-6,9-12,17-19H,7-8,13-14H2,(H,21,22);1H2. The van der Waals surface area contributed by atoms with E-state index in [-0.39, 0.29) is 11.4 Å². The summed E-state index contributed by atoms with van der Waals surface area (Å²) in [5.74, 6) is -1.35. The van der Waals surface area contributed by atoms with E-state index in [9.17, 15) is 9.90 Å². The number of carbonyl (C=O) groups is 1. The van der Waals surface area contributed by atoms with Crippen molar-refractivity contribution in [2.45, 2.75) is 37.6 Å². The minimum Gasteiger partial charge on any atom is -0.479 e. The molecule has 1 saturated heterocycles. The van der Waals surface area contributed by atoms with Crippen LogP contribution in [0.25, 0.3) is 0 Å². The average molecular weight is 344 g/mol. The highest BCUT2D eigenvalue weighted by Crippen LogP contribution is 2.32. The molecule has 2 aromatic rings. The first kappa shape index (κ1) is 19.1. The topological polar surface area (TPSA) is 87.3 Å². The third-order valence-electron chi connectivity index (χ3n) is 4.30. The Morgan fingerprint density at radius 2 is 1.56 bits per heavy atom. The molecule has 1 aliphatic rings. The number of rotatable bonds is 6. The van der Waals surface area contributed by atoms with Gasteiger partial charge in [-0.2, -0.15) is 0 Å². The van der Waals surface area contributed by atoms with Gasteiger partial charge in [0, 0.05) is 12.5 Å². The van der Waals surface area contributed by atoms with E-state index in [1.54, 1.807) is 0 Å². The summed E-state index contributed by atoms with van der Waals surface area (Å²) in [7, 11) is 0. The summed E-state index contributed by atoms with van der Waals surface area (Å²) in [6, 6.07) is 19.3. The van der Waals surface area contributed by atoms with Gasteiger partial charge in [-0.25, -0.2) is 4.79 Å². The molecule has 0 spiro atoms. The third kappa shape index (κ3) is 4.89. The maximum atomic E-state index is 12.0. The van der Waals surface area contributed by atoms with Gasteiger partial charge in [0.2, 0.25) is 0 Å². The molecule has 5 heteroatoms. The lowest BCUT2D eigenvalue weighted by Crippen LogP contribution is -2.37. The Balaban J connectivity index is 0.00000225. The lowest BCUT2D eigenvalue weighted by Gasteiger charge is -2.30. The van der Waals surface area contributed by atoms with Crippen LogP contribution in [0.15, 0.2) is 60.7 Å². The first-order chi connectivity index (χ1) is 11.8. The van der Waals surface area contributed by atoms with Gasteiger partial charge in [0.15, 0.2) is 12.4 Å². The molecule has 2 aromatic carbocycles. The Bertz CT molecular complexity index is 598. The number of hydrogen-bond acceptors (Lipinski definition) is 3. The van der Waals surface area contributed by atoms with Crippen molar-refractivity contribution in [1.82, 2.24) is 0 Å². The Hall–Kier alpha value is -2.21. The molecule has 2 atom stereocenters. The Morgan fingerprint density at radius 3 is 2.00 bits per heavy atom. The molecular weight excluding hydrogens is 320 g/mol. The molecule has 1 aliphatic heterocycles. The molecule has 25 heavy (non-hydrogen) atoms. The highest BCUT2D eigenvalue weighted by atomic mass is 16.7. The molecule has 0 amide bonds. The van der Waals surface area contributed by atoms with Crippen LogP contribution in [0.3, 0.4) is 0 Å². The third-order valence-corrected chi connectivity index (χ3v) is 4.30. The predicted molar refractivity (Wildman–Crippen MR) is 94.4 cm³/mol. The van der Waals surface area contributed by atoms with Gasteiger partial charge in [-0.05, 0) is 30.4 Å². The molecule has 3 rings (SSSR count). The van der Waals surface area contributed by atoms with Crippen LogP contribution in [0.4, 0.5) is 0 Å². The number of benzene rings is 2. The normalized spacial score (nSPS) is 18.4. The van der Waals surface area contributed by atoms with Crippen LogP contribution >= 0.6 is 0 Å². The van der Waals surface area contributed by atoms with Crippen molar-refractivity contribution in [3.8, 4) is 0 Å². The number of carboxylic acids is 1. The quantitative estimate of drug-likeness (QED) is 0.872. The maximum absolute atomic E-state index is 12.0. The number of carboxylic acid groups (broad SMARTS) is 1. The highest BCUT2D eigenvalue weighted by Gasteiger charge is 2.34. The number of ether oxygens (including phenoxy) is 2. The second-order valence-corrected chi connectivity index (χ2v) is 5.99. The smallest absolute Gasteiger partial charge is 0.333 e. The molecule has 5 nitrogen and oxygen atoms in total. The van der Waals surface area contributed by atoms with E-state index < -0.39 is 18.4 Å². The van der Waals surface area contributed by atoms with Crippen LogP contribution in [0.1, 0.15) is 36.3 Å². The predicted octanol–water partition coefficient (Wildman–Crippen LogP) is 2.99. The van der Waals surface area contributed by atoms with Crippen molar-refractivity contribution < 1.29 is 24.9 Å². The fourth-order valence-electron chi connectivity index (χ4n) is 3.12. The van der Waals surface area contributed by atoms with Crippen LogP contribution in [0, 0.1) is 0 Å². The van der Waals surface area contributed by atoms with Gasteiger partial charge in [0.1, 0.15) is 0 Å². The van der Waals surface area contributed by atoms with Gasteiger partial charge < -0.3 is 20.1 Å². The van der Waals surface area contributed by atoms with Crippen molar-refractivity contribution in [2.24, 2.45) is 0 Å². The molecular formula is C20H24O5. The average Bonchev–Trinajstić information content (AvgIpc) is 2.64. The van der Waals surface area contributed by atoms with Crippen LogP contribution in [-0.2, 0) is 14.3 Å². The molecule has 2 unspecified atom stereocenters. The van der Waals surface area contributed by atoms with Crippen LogP contribution in [0.5, 0.6) is 0 Å². The second kappa shape index (κ2) is 9.32. The van der Waals surface area contributed by atoms with Crippen LogP contribution < -0.4 is 0 Å². The fourth-order valence-corrected chi connectivity index (χ4v) is 3.12. The molecule has 0 aromatic heterocycles. The van der Waals surface area contributed by atoms with Gasteiger partial charge in [0.05, 0.1) is 0 Å². The summed E-state index contributed by atoms with van der Waals surface area (Å²) in [5, 5.41) is 9.82. The molecule has 1 heterocycles. The second-order valence-electron chi connectivity index (χ2n) is 5.99. The summed E-state index contributed by atoms with van der Waals surface area (Å²) >= 11 is 0. The Labute approximate surface area is 147 Å². The maximum Gasteiger partial charge on any atom is 0.333 e. The van der Waals surface area contributed by atoms with Gasteiger partial charge >= 0.3 is 5.97 Å². The van der Waals surface area contributed by atoms with E-state index >= 15 is 0 Å². The largest absolute Gasteiger partial charge is 0.479 e. The molecule has 0 bridgehead atoms. The zero-order chi connectivity index (χ0) is 16.8. The van der Waals surface area contributed by atoms with Crippen molar-refractivity contribution >= 4 is 5.97 Å². The SMILES string of the molecule is O.O=C(O)C(OC1CCCCO1)C(c1ccccc1)c1ccccc1. The molecule has 0 saturated carbocycles. The zero-order valence-electron chi connectivity index (χ0n) is 14.0. The molecule has 0 aliphatic carbocycles. The summed E-state index contributed by atoms with van der Waals surface area (Å²) in [5.41, 5.74) is 1.85.